The average Bonchev–Trinajstić information content (AvgIpc) is 2.93. The van der Waals surface area contributed by atoms with E-state index in [4.69, 9.17) is 9.68 Å². The first-order valence-corrected chi connectivity index (χ1v) is 6.88. The van der Waals surface area contributed by atoms with Gasteiger partial charge in [-0.05, 0) is 43.7 Å². The third-order valence-electron chi connectivity index (χ3n) is 3.42. The Labute approximate surface area is 120 Å². The van der Waals surface area contributed by atoms with Gasteiger partial charge < -0.3 is 9.73 Å². The van der Waals surface area contributed by atoms with E-state index in [0.717, 1.165) is 29.2 Å². The zero-order valence-electron chi connectivity index (χ0n) is 12.2. The second kappa shape index (κ2) is 5.83. The number of rotatable bonds is 5. The molecule has 0 aliphatic rings. The van der Waals surface area contributed by atoms with Gasteiger partial charge in [-0.1, -0.05) is 19.1 Å². The van der Waals surface area contributed by atoms with Crippen LogP contribution in [0.3, 0.4) is 0 Å². The molecule has 3 nitrogen and oxygen atoms in total. The average molecular weight is 268 g/mol. The van der Waals surface area contributed by atoms with Crippen molar-refractivity contribution in [2.45, 2.75) is 39.2 Å². The predicted octanol–water partition coefficient (Wildman–Crippen LogP) is 4.26. The molecule has 0 saturated carbocycles. The molecule has 0 spiro atoms. The molecule has 2 rings (SSSR count). The summed E-state index contributed by atoms with van der Waals surface area (Å²) in [4.78, 5) is 0. The summed E-state index contributed by atoms with van der Waals surface area (Å²) in [6, 6.07) is 14.3. The van der Waals surface area contributed by atoms with Crippen LogP contribution in [0.5, 0.6) is 0 Å². The van der Waals surface area contributed by atoms with Gasteiger partial charge in [0.1, 0.15) is 11.5 Å². The van der Waals surface area contributed by atoms with Crippen LogP contribution in [0.4, 0.5) is 5.69 Å². The molecule has 0 saturated heterocycles. The molecule has 0 unspecified atom stereocenters. The summed E-state index contributed by atoms with van der Waals surface area (Å²) in [6.45, 7) is 6.59. The lowest BCUT2D eigenvalue weighted by atomic mass is 9.86. The maximum atomic E-state index is 9.12. The lowest BCUT2D eigenvalue weighted by Crippen LogP contribution is -2.13. The zero-order valence-corrected chi connectivity index (χ0v) is 12.2. The van der Waals surface area contributed by atoms with Crippen molar-refractivity contribution in [2.24, 2.45) is 0 Å². The molecule has 1 N–H and O–H groups in total. The first-order valence-electron chi connectivity index (χ1n) is 6.88. The third kappa shape index (κ3) is 3.21. The Kier molecular flexibility index (Phi) is 4.14. The second-order valence-corrected chi connectivity index (χ2v) is 5.39. The smallest absolute Gasteiger partial charge is 0.123 e. The lowest BCUT2D eigenvalue weighted by molar-refractivity contribution is 0.476. The van der Waals surface area contributed by atoms with E-state index in [0.29, 0.717) is 6.54 Å². The number of hydrogen-bond acceptors (Lipinski definition) is 3. The first kappa shape index (κ1) is 14.2. The van der Waals surface area contributed by atoms with Gasteiger partial charge >= 0.3 is 0 Å². The molecule has 3 heteroatoms. The van der Waals surface area contributed by atoms with Gasteiger partial charge in [0.2, 0.25) is 0 Å². The van der Waals surface area contributed by atoms with E-state index in [2.05, 4.69) is 18.3 Å². The highest BCUT2D eigenvalue weighted by molar-refractivity contribution is 5.47. The molecule has 1 aromatic heterocycles. The number of nitrogens with zero attached hydrogens (tertiary/aromatic N) is 1. The maximum Gasteiger partial charge on any atom is 0.123 e. The van der Waals surface area contributed by atoms with Gasteiger partial charge in [0, 0.05) is 12.1 Å². The van der Waals surface area contributed by atoms with Gasteiger partial charge in [0.05, 0.1) is 18.0 Å². The number of nitrogens with one attached hydrogen (secondary N) is 1. The Morgan fingerprint density at radius 3 is 2.30 bits per heavy atom. The van der Waals surface area contributed by atoms with Crippen molar-refractivity contribution in [3.8, 4) is 6.07 Å². The Balaban J connectivity index is 1.99. The molecule has 104 valence electrons. The largest absolute Gasteiger partial charge is 0.464 e. The molecule has 0 aliphatic heterocycles. The minimum atomic E-state index is -0.449. The molecule has 0 bridgehead atoms. The van der Waals surface area contributed by atoms with Crippen molar-refractivity contribution in [3.63, 3.8) is 0 Å². The highest BCUT2D eigenvalue weighted by atomic mass is 16.3. The van der Waals surface area contributed by atoms with Crippen molar-refractivity contribution >= 4 is 5.69 Å². The predicted molar refractivity (Wildman–Crippen MR) is 80.5 cm³/mol. The minimum absolute atomic E-state index is 0.449. The molecule has 0 atom stereocenters. The van der Waals surface area contributed by atoms with Crippen LogP contribution in [0.1, 0.15) is 37.9 Å². The number of benzene rings is 1. The van der Waals surface area contributed by atoms with Crippen molar-refractivity contribution < 1.29 is 4.42 Å². The number of hydrogen-bond donors (Lipinski definition) is 1. The molecule has 1 heterocycles. The molecule has 0 radical (unpaired) electrons. The van der Waals surface area contributed by atoms with E-state index in [1.807, 2.05) is 50.2 Å². The molecule has 20 heavy (non-hydrogen) atoms. The molecule has 1 aromatic carbocycles. The normalized spacial score (nSPS) is 11.1. The summed E-state index contributed by atoms with van der Waals surface area (Å²) >= 11 is 0. The summed E-state index contributed by atoms with van der Waals surface area (Å²) in [5.41, 5.74) is 1.60. The summed E-state index contributed by atoms with van der Waals surface area (Å²) in [5, 5.41) is 12.4. The first-order chi connectivity index (χ1) is 9.55. The van der Waals surface area contributed by atoms with E-state index < -0.39 is 5.41 Å². The Hall–Kier alpha value is -2.21. The summed E-state index contributed by atoms with van der Waals surface area (Å²) in [7, 11) is 0. The van der Waals surface area contributed by atoms with Crippen LogP contribution in [-0.2, 0) is 18.4 Å². The Morgan fingerprint density at radius 2 is 1.75 bits per heavy atom. The van der Waals surface area contributed by atoms with E-state index >= 15 is 0 Å². The highest BCUT2D eigenvalue weighted by Gasteiger charge is 2.18. The number of anilines is 1. The van der Waals surface area contributed by atoms with Gasteiger partial charge in [-0.3, -0.25) is 0 Å². The topological polar surface area (TPSA) is 49.0 Å². The fourth-order valence-electron chi connectivity index (χ4n) is 1.97. The van der Waals surface area contributed by atoms with Crippen LogP contribution in [0.2, 0.25) is 0 Å². The maximum absolute atomic E-state index is 9.12. The van der Waals surface area contributed by atoms with Gasteiger partial charge in [-0.25, -0.2) is 0 Å². The van der Waals surface area contributed by atoms with Crippen LogP contribution in [0.15, 0.2) is 40.8 Å². The van der Waals surface area contributed by atoms with Crippen LogP contribution >= 0.6 is 0 Å². The van der Waals surface area contributed by atoms with Crippen LogP contribution in [0, 0.1) is 11.3 Å². The summed E-state index contributed by atoms with van der Waals surface area (Å²) in [5.74, 6) is 1.94. The monoisotopic (exact) mass is 268 g/mol. The zero-order chi connectivity index (χ0) is 14.6. The van der Waals surface area contributed by atoms with Crippen molar-refractivity contribution in [1.29, 1.82) is 5.26 Å². The minimum Gasteiger partial charge on any atom is -0.464 e. The lowest BCUT2D eigenvalue weighted by Gasteiger charge is -2.16. The van der Waals surface area contributed by atoms with Gasteiger partial charge in [0.15, 0.2) is 0 Å². The summed E-state index contributed by atoms with van der Waals surface area (Å²) in [6.07, 6.45) is 0.915. The molecule has 0 amide bonds. The van der Waals surface area contributed by atoms with Crippen molar-refractivity contribution in [1.82, 2.24) is 0 Å². The number of nitriles is 1. The van der Waals surface area contributed by atoms with Crippen LogP contribution in [0.25, 0.3) is 0 Å². The van der Waals surface area contributed by atoms with E-state index in [9.17, 15) is 0 Å². The van der Waals surface area contributed by atoms with Crippen molar-refractivity contribution in [2.75, 3.05) is 5.32 Å². The van der Waals surface area contributed by atoms with E-state index in [-0.39, 0.29) is 0 Å². The van der Waals surface area contributed by atoms with Crippen molar-refractivity contribution in [3.05, 3.63) is 53.5 Å². The molecule has 0 fully saturated rings. The molecular weight excluding hydrogens is 248 g/mol. The number of furan rings is 1. The van der Waals surface area contributed by atoms with Gasteiger partial charge in [-0.15, -0.1) is 0 Å². The fourth-order valence-corrected chi connectivity index (χ4v) is 1.97. The Morgan fingerprint density at radius 1 is 1.10 bits per heavy atom. The molecular formula is C17H20N2O. The van der Waals surface area contributed by atoms with Crippen LogP contribution < -0.4 is 5.32 Å². The number of aryl methyl sites for hydroxylation is 1. The second-order valence-electron chi connectivity index (χ2n) is 5.39. The SMILES string of the molecule is CCc1ccc(CNc2ccc(C(C)(C)C#N)cc2)o1. The van der Waals surface area contributed by atoms with E-state index in [1.165, 1.54) is 0 Å². The standard InChI is InChI=1S/C17H20N2O/c1-4-15-9-10-16(20-15)11-19-14-7-5-13(6-8-14)17(2,3)12-18/h5-10,19H,4,11H2,1-3H3. The molecule has 0 aliphatic carbocycles. The highest BCUT2D eigenvalue weighted by Crippen LogP contribution is 2.23. The van der Waals surface area contributed by atoms with E-state index in [1.54, 1.807) is 0 Å². The summed E-state index contributed by atoms with van der Waals surface area (Å²) < 4.78 is 5.64. The Bertz CT molecular complexity index is 603. The quantitative estimate of drug-likeness (QED) is 0.881. The van der Waals surface area contributed by atoms with Crippen LogP contribution in [-0.4, -0.2) is 0 Å². The fraction of sp³-hybridized carbons (Fsp3) is 0.353. The third-order valence-corrected chi connectivity index (χ3v) is 3.42. The molecule has 2 aromatic rings. The van der Waals surface area contributed by atoms with Gasteiger partial charge in [-0.2, -0.15) is 5.26 Å². The van der Waals surface area contributed by atoms with Gasteiger partial charge in [0.25, 0.3) is 0 Å².